The van der Waals surface area contributed by atoms with E-state index >= 15 is 0 Å². The lowest BCUT2D eigenvalue weighted by Crippen LogP contribution is -2.64. The Labute approximate surface area is 147 Å². The van der Waals surface area contributed by atoms with Crippen LogP contribution in [-0.2, 0) is 9.63 Å². The van der Waals surface area contributed by atoms with Crippen LogP contribution in [0.15, 0.2) is 17.3 Å². The van der Waals surface area contributed by atoms with Crippen LogP contribution in [0.3, 0.4) is 0 Å². The highest BCUT2D eigenvalue weighted by Crippen LogP contribution is 2.61. The lowest BCUT2D eigenvalue weighted by Gasteiger charge is -2.56. The third-order valence-corrected chi connectivity index (χ3v) is 7.70. The van der Waals surface area contributed by atoms with Gasteiger partial charge in [0.25, 0.3) is 0 Å². The van der Waals surface area contributed by atoms with Crippen LogP contribution in [0.1, 0.15) is 46.5 Å². The molecule has 1 spiro atoms. The van der Waals surface area contributed by atoms with Gasteiger partial charge in [-0.1, -0.05) is 38.1 Å². The van der Waals surface area contributed by atoms with Crippen LogP contribution in [-0.4, -0.2) is 16.0 Å². The number of hydrogen-bond donors (Lipinski definition) is 0. The number of allylic oxidation sites excluding steroid dienone is 2. The number of hydrogen-bond acceptors (Lipinski definition) is 3. The molecule has 1 aliphatic heterocycles. The van der Waals surface area contributed by atoms with Crippen molar-refractivity contribution >= 4 is 26.3 Å². The molecule has 0 aromatic carbocycles. The maximum atomic E-state index is 13.0. The summed E-state index contributed by atoms with van der Waals surface area (Å²) >= 11 is 3.64. The van der Waals surface area contributed by atoms with Gasteiger partial charge in [0.1, 0.15) is 10.4 Å². The molecular weight excluding hydrogens is 354 g/mol. The van der Waals surface area contributed by atoms with Crippen molar-refractivity contribution in [3.05, 3.63) is 12.2 Å². The fraction of sp³-hybridized carbons (Fsp3) is 0.789. The summed E-state index contributed by atoms with van der Waals surface area (Å²) in [5.41, 5.74) is -0.398. The van der Waals surface area contributed by atoms with Gasteiger partial charge in [0.15, 0.2) is 5.60 Å². The molecule has 2 fully saturated rings. The number of nitrogens with zero attached hydrogens (tertiary/aromatic N) is 1. The fourth-order valence-electron chi connectivity index (χ4n) is 5.97. The zero-order valence-corrected chi connectivity index (χ0v) is 15.8. The zero-order valence-electron chi connectivity index (χ0n) is 14.2. The molecule has 4 bridgehead atoms. The number of Topliss-reactive ketones (excluding diaryl/α,β-unsaturated/α-hetero) is 1. The van der Waals surface area contributed by atoms with Gasteiger partial charge in [-0.25, -0.2) is 0 Å². The summed E-state index contributed by atoms with van der Waals surface area (Å²) in [6.07, 6.45) is 8.64. The minimum atomic E-state index is -0.398. The van der Waals surface area contributed by atoms with Crippen LogP contribution in [0.25, 0.3) is 0 Å². The van der Waals surface area contributed by atoms with Crippen LogP contribution >= 0.6 is 15.9 Å². The lowest BCUT2D eigenvalue weighted by molar-refractivity contribution is -0.197. The van der Waals surface area contributed by atoms with Gasteiger partial charge in [-0.3, -0.25) is 4.79 Å². The molecule has 0 aromatic heterocycles. The number of ketones is 1. The van der Waals surface area contributed by atoms with E-state index in [2.05, 4.69) is 54.0 Å². The van der Waals surface area contributed by atoms with E-state index in [0.29, 0.717) is 41.8 Å². The molecule has 0 radical (unpaired) electrons. The summed E-state index contributed by atoms with van der Waals surface area (Å²) in [5, 5.41) is 4.36. The van der Waals surface area contributed by atoms with Crippen molar-refractivity contribution in [2.24, 2.45) is 46.6 Å². The second kappa shape index (κ2) is 5.44. The van der Waals surface area contributed by atoms with Gasteiger partial charge in [-0.2, -0.15) is 0 Å². The SMILES string of the molecule is CC(C)[C@H]1/C=C\[C@@H](C)[C@@H]2CC[C@H]3C(Br)=NO[C@]34[C@@H]1CCC(=O)[C@H]24. The molecule has 3 nitrogen and oxygen atoms in total. The monoisotopic (exact) mass is 379 g/mol. The Morgan fingerprint density at radius 2 is 2.09 bits per heavy atom. The van der Waals surface area contributed by atoms with Crippen molar-refractivity contribution < 1.29 is 9.63 Å². The Morgan fingerprint density at radius 3 is 2.83 bits per heavy atom. The van der Waals surface area contributed by atoms with Crippen LogP contribution in [0.5, 0.6) is 0 Å². The molecule has 126 valence electrons. The Bertz CT molecular complexity index is 584. The molecule has 2 saturated carbocycles. The van der Waals surface area contributed by atoms with E-state index in [9.17, 15) is 4.79 Å². The summed E-state index contributed by atoms with van der Waals surface area (Å²) in [6.45, 7) is 6.87. The molecule has 0 N–H and O–H groups in total. The lowest BCUT2D eigenvalue weighted by atomic mass is 9.48. The van der Waals surface area contributed by atoms with Crippen molar-refractivity contribution in [2.45, 2.75) is 52.1 Å². The Hall–Kier alpha value is -0.640. The predicted octanol–water partition coefficient (Wildman–Crippen LogP) is 4.56. The molecule has 4 aliphatic rings. The van der Waals surface area contributed by atoms with Gasteiger partial charge in [0, 0.05) is 12.3 Å². The average molecular weight is 380 g/mol. The standard InChI is InChI=1S/C19H26BrNO2/c1-10(2)12-5-4-11(3)13-6-7-15-18(20)21-23-19(15)14(12)8-9-16(22)17(13)19/h4-5,10-15,17H,6-9H2,1-3H3/b5-4-/t11-,12-,13+,14-,15+,17+,19-/m1/s1. The number of carbonyl (C=O) groups excluding carboxylic acids is 1. The highest BCUT2D eigenvalue weighted by molar-refractivity contribution is 9.18. The fourth-order valence-corrected chi connectivity index (χ4v) is 6.63. The summed E-state index contributed by atoms with van der Waals surface area (Å²) in [4.78, 5) is 19.2. The van der Waals surface area contributed by atoms with E-state index in [1.807, 2.05) is 0 Å². The highest BCUT2D eigenvalue weighted by Gasteiger charge is 2.67. The van der Waals surface area contributed by atoms with Crippen LogP contribution < -0.4 is 0 Å². The normalized spacial score (nSPS) is 49.8. The van der Waals surface area contributed by atoms with E-state index in [1.54, 1.807) is 0 Å². The molecule has 4 heteroatoms. The van der Waals surface area contributed by atoms with Gasteiger partial charge >= 0.3 is 0 Å². The van der Waals surface area contributed by atoms with Gasteiger partial charge in [-0.05, 0) is 58.9 Å². The van der Waals surface area contributed by atoms with Crippen LogP contribution in [0.4, 0.5) is 0 Å². The molecule has 0 unspecified atom stereocenters. The summed E-state index contributed by atoms with van der Waals surface area (Å²) in [6, 6.07) is 0. The van der Waals surface area contributed by atoms with Crippen molar-refractivity contribution in [1.82, 2.24) is 0 Å². The molecule has 0 saturated heterocycles. The minimum Gasteiger partial charge on any atom is -0.387 e. The van der Waals surface area contributed by atoms with Gasteiger partial charge in [-0.15, -0.1) is 0 Å². The molecule has 0 amide bonds. The molecular formula is C19H26BrNO2. The summed E-state index contributed by atoms with van der Waals surface area (Å²) in [5.74, 6) is 2.93. The van der Waals surface area contributed by atoms with E-state index in [0.717, 1.165) is 23.9 Å². The van der Waals surface area contributed by atoms with Gasteiger partial charge < -0.3 is 4.84 Å². The second-order valence-electron chi connectivity index (χ2n) is 8.31. The smallest absolute Gasteiger partial charge is 0.160 e. The minimum absolute atomic E-state index is 0.0139. The first-order valence-electron chi connectivity index (χ1n) is 9.09. The largest absolute Gasteiger partial charge is 0.387 e. The topological polar surface area (TPSA) is 38.7 Å². The van der Waals surface area contributed by atoms with Crippen LogP contribution in [0.2, 0.25) is 0 Å². The molecule has 4 rings (SSSR count). The second-order valence-corrected chi connectivity index (χ2v) is 9.12. The number of halogens is 1. The van der Waals surface area contributed by atoms with E-state index in [-0.39, 0.29) is 11.8 Å². The summed E-state index contributed by atoms with van der Waals surface area (Å²) < 4.78 is 0.931. The van der Waals surface area contributed by atoms with Crippen molar-refractivity contribution in [3.8, 4) is 0 Å². The third kappa shape index (κ3) is 2.06. The van der Waals surface area contributed by atoms with Gasteiger partial charge in [0.2, 0.25) is 0 Å². The maximum Gasteiger partial charge on any atom is 0.160 e. The van der Waals surface area contributed by atoms with Crippen molar-refractivity contribution in [2.75, 3.05) is 0 Å². The Morgan fingerprint density at radius 1 is 1.30 bits per heavy atom. The number of oxime groups is 1. The Kier molecular flexibility index (Phi) is 3.75. The van der Waals surface area contributed by atoms with Crippen molar-refractivity contribution in [1.29, 1.82) is 0 Å². The molecule has 0 aromatic rings. The zero-order chi connectivity index (χ0) is 16.4. The molecule has 1 heterocycles. The van der Waals surface area contributed by atoms with Crippen molar-refractivity contribution in [3.63, 3.8) is 0 Å². The quantitative estimate of drug-likeness (QED) is 0.626. The average Bonchev–Trinajstić information content (AvgIpc) is 2.85. The number of carbonyl (C=O) groups is 1. The van der Waals surface area contributed by atoms with Gasteiger partial charge in [0.05, 0.1) is 11.8 Å². The molecule has 7 atom stereocenters. The first-order valence-corrected chi connectivity index (χ1v) is 9.88. The van der Waals surface area contributed by atoms with E-state index in [1.165, 1.54) is 0 Å². The highest BCUT2D eigenvalue weighted by atomic mass is 79.9. The number of rotatable bonds is 1. The first kappa shape index (κ1) is 15.9. The molecule has 3 aliphatic carbocycles. The maximum absolute atomic E-state index is 13.0. The van der Waals surface area contributed by atoms with E-state index in [4.69, 9.17) is 4.84 Å². The first-order chi connectivity index (χ1) is 11.0. The Balaban J connectivity index is 1.90. The third-order valence-electron chi connectivity index (χ3n) is 7.00. The van der Waals surface area contributed by atoms with E-state index < -0.39 is 5.60 Å². The van der Waals surface area contributed by atoms with Crippen LogP contribution in [0, 0.1) is 41.4 Å². The molecule has 23 heavy (non-hydrogen) atoms. The summed E-state index contributed by atoms with van der Waals surface area (Å²) in [7, 11) is 0. The predicted molar refractivity (Wildman–Crippen MR) is 94.2 cm³/mol.